The van der Waals surface area contributed by atoms with E-state index in [2.05, 4.69) is 20.0 Å². The minimum atomic E-state index is 0.0307. The smallest absolute Gasteiger partial charge is 0.223 e. The van der Waals surface area contributed by atoms with E-state index in [0.717, 1.165) is 25.3 Å². The van der Waals surface area contributed by atoms with E-state index in [1.165, 1.54) is 0 Å². The molecule has 0 radical (unpaired) electrons. The first-order valence-electron chi connectivity index (χ1n) is 7.71. The fraction of sp³-hybridized carbons (Fsp3) is 0.600. The highest BCUT2D eigenvalue weighted by atomic mass is 16.5. The summed E-state index contributed by atoms with van der Waals surface area (Å²) >= 11 is 0. The van der Waals surface area contributed by atoms with Gasteiger partial charge in [0.2, 0.25) is 17.7 Å². The van der Waals surface area contributed by atoms with E-state index in [0.29, 0.717) is 30.7 Å². The van der Waals surface area contributed by atoms with E-state index in [1.54, 1.807) is 20.0 Å². The van der Waals surface area contributed by atoms with Crippen LogP contribution in [0.4, 0.5) is 0 Å². The number of aromatic nitrogens is 3. The van der Waals surface area contributed by atoms with Gasteiger partial charge in [0, 0.05) is 33.0 Å². The summed E-state index contributed by atoms with van der Waals surface area (Å²) in [6.45, 7) is 7.93. The molecule has 8 heteroatoms. The highest BCUT2D eigenvalue weighted by Gasteiger charge is 2.30. The second-order valence-electron chi connectivity index (χ2n) is 5.92. The molecule has 8 nitrogen and oxygen atoms in total. The Bertz CT molecular complexity index is 680. The molecule has 3 heterocycles. The first-order valence-corrected chi connectivity index (χ1v) is 7.71. The zero-order valence-electron chi connectivity index (χ0n) is 13.7. The number of hydrogen-bond donors (Lipinski definition) is 0. The third kappa shape index (κ3) is 3.76. The lowest BCUT2D eigenvalue weighted by Gasteiger charge is -2.26. The van der Waals surface area contributed by atoms with Crippen molar-refractivity contribution in [1.82, 2.24) is 24.9 Å². The van der Waals surface area contributed by atoms with Crippen molar-refractivity contribution in [2.45, 2.75) is 46.3 Å². The van der Waals surface area contributed by atoms with Crippen molar-refractivity contribution in [3.63, 3.8) is 0 Å². The molecular weight excluding hydrogens is 298 g/mol. The Hall–Kier alpha value is -2.22. The first-order chi connectivity index (χ1) is 11.0. The average molecular weight is 319 g/mol. The van der Waals surface area contributed by atoms with Crippen LogP contribution < -0.4 is 0 Å². The summed E-state index contributed by atoms with van der Waals surface area (Å²) in [6.07, 6.45) is 2.59. The summed E-state index contributed by atoms with van der Waals surface area (Å²) in [5, 5.41) is 3.92. The predicted molar refractivity (Wildman–Crippen MR) is 80.2 cm³/mol. The fourth-order valence-corrected chi connectivity index (χ4v) is 2.93. The molecule has 1 amide bonds. The molecular formula is C15H21N5O3. The molecule has 2 aromatic heterocycles. The maximum absolute atomic E-state index is 12.0. The molecule has 2 aromatic rings. The molecule has 0 spiro atoms. The number of nitrogens with zero attached hydrogens (tertiary/aromatic N) is 5. The second kappa shape index (κ2) is 6.49. The molecule has 0 unspecified atom stereocenters. The molecule has 124 valence electrons. The van der Waals surface area contributed by atoms with E-state index in [-0.39, 0.29) is 11.9 Å². The van der Waals surface area contributed by atoms with E-state index in [9.17, 15) is 4.79 Å². The van der Waals surface area contributed by atoms with Gasteiger partial charge in [-0.05, 0) is 13.3 Å². The molecule has 0 bridgehead atoms. The minimum absolute atomic E-state index is 0.0307. The SMILES string of the molecule is CC(=O)N(Cc1ncc(C)o1)[C@H]1CCN(Cc2noc(C)n2)C1. The van der Waals surface area contributed by atoms with Gasteiger partial charge in [-0.1, -0.05) is 5.16 Å². The van der Waals surface area contributed by atoms with Crippen molar-refractivity contribution < 1.29 is 13.7 Å². The van der Waals surface area contributed by atoms with Crippen LogP contribution >= 0.6 is 0 Å². The van der Waals surface area contributed by atoms with Gasteiger partial charge in [0.25, 0.3) is 0 Å². The first kappa shape index (κ1) is 15.7. The van der Waals surface area contributed by atoms with Gasteiger partial charge in [-0.15, -0.1) is 0 Å². The third-order valence-electron chi connectivity index (χ3n) is 4.00. The monoisotopic (exact) mass is 319 g/mol. The zero-order valence-corrected chi connectivity index (χ0v) is 13.7. The van der Waals surface area contributed by atoms with E-state index in [4.69, 9.17) is 8.94 Å². The Balaban J connectivity index is 1.61. The number of rotatable bonds is 5. The molecule has 0 aromatic carbocycles. The zero-order chi connectivity index (χ0) is 16.4. The molecule has 1 aliphatic rings. The normalized spacial score (nSPS) is 18.5. The van der Waals surface area contributed by atoms with Crippen molar-refractivity contribution in [1.29, 1.82) is 0 Å². The van der Waals surface area contributed by atoms with Gasteiger partial charge in [0.15, 0.2) is 5.82 Å². The van der Waals surface area contributed by atoms with Crippen molar-refractivity contribution in [2.24, 2.45) is 0 Å². The molecule has 3 rings (SSSR count). The molecule has 0 aliphatic carbocycles. The maximum atomic E-state index is 12.0. The Kier molecular flexibility index (Phi) is 4.42. The van der Waals surface area contributed by atoms with Gasteiger partial charge < -0.3 is 13.8 Å². The summed E-state index contributed by atoms with van der Waals surface area (Å²) in [6, 6.07) is 0.146. The number of oxazole rings is 1. The molecule has 1 atom stereocenters. The van der Waals surface area contributed by atoms with Crippen LogP contribution in [-0.2, 0) is 17.9 Å². The lowest BCUT2D eigenvalue weighted by Crippen LogP contribution is -2.40. The van der Waals surface area contributed by atoms with Crippen LogP contribution in [0.2, 0.25) is 0 Å². The van der Waals surface area contributed by atoms with Crippen molar-refractivity contribution in [3.8, 4) is 0 Å². The summed E-state index contributed by atoms with van der Waals surface area (Å²) < 4.78 is 10.5. The molecule has 0 saturated carbocycles. The van der Waals surface area contributed by atoms with Gasteiger partial charge in [-0.2, -0.15) is 4.98 Å². The number of carbonyl (C=O) groups is 1. The summed E-state index contributed by atoms with van der Waals surface area (Å²) in [4.78, 5) is 24.5. The summed E-state index contributed by atoms with van der Waals surface area (Å²) in [5.74, 6) is 2.61. The van der Waals surface area contributed by atoms with Crippen LogP contribution in [0.5, 0.6) is 0 Å². The molecule has 23 heavy (non-hydrogen) atoms. The quantitative estimate of drug-likeness (QED) is 0.820. The molecule has 1 fully saturated rings. The van der Waals surface area contributed by atoms with Crippen molar-refractivity contribution in [2.75, 3.05) is 13.1 Å². The number of carbonyl (C=O) groups excluding carboxylic acids is 1. The summed E-state index contributed by atoms with van der Waals surface area (Å²) in [5.41, 5.74) is 0. The number of aryl methyl sites for hydroxylation is 2. The molecule has 0 N–H and O–H groups in total. The lowest BCUT2D eigenvalue weighted by atomic mass is 10.2. The van der Waals surface area contributed by atoms with Crippen LogP contribution in [-0.4, -0.2) is 50.0 Å². The number of amides is 1. The largest absolute Gasteiger partial charge is 0.444 e. The standard InChI is InChI=1S/C15H21N5O3/c1-10-6-16-15(22-10)9-20(12(3)21)13-4-5-19(7-13)8-14-17-11(2)23-18-14/h6,13H,4-5,7-9H2,1-3H3/t13-/m0/s1. The average Bonchev–Trinajstić information content (AvgIpc) is 3.19. The highest BCUT2D eigenvalue weighted by molar-refractivity contribution is 5.73. The van der Waals surface area contributed by atoms with E-state index >= 15 is 0 Å². The van der Waals surface area contributed by atoms with E-state index in [1.807, 2.05) is 11.8 Å². The number of hydrogen-bond acceptors (Lipinski definition) is 7. The Labute approximate surface area is 134 Å². The van der Waals surface area contributed by atoms with Gasteiger partial charge in [-0.25, -0.2) is 4.98 Å². The highest BCUT2D eigenvalue weighted by Crippen LogP contribution is 2.20. The number of likely N-dealkylation sites (tertiary alicyclic amines) is 1. The Morgan fingerprint density at radius 2 is 2.30 bits per heavy atom. The molecule has 1 saturated heterocycles. The topological polar surface area (TPSA) is 88.5 Å². The van der Waals surface area contributed by atoms with Crippen molar-refractivity contribution in [3.05, 3.63) is 29.6 Å². The third-order valence-corrected chi connectivity index (χ3v) is 4.00. The minimum Gasteiger partial charge on any atom is -0.444 e. The lowest BCUT2D eigenvalue weighted by molar-refractivity contribution is -0.132. The van der Waals surface area contributed by atoms with Gasteiger partial charge in [0.05, 0.1) is 19.3 Å². The summed E-state index contributed by atoms with van der Waals surface area (Å²) in [7, 11) is 0. The van der Waals surface area contributed by atoms with Gasteiger partial charge in [-0.3, -0.25) is 9.69 Å². The Morgan fingerprint density at radius 3 is 2.91 bits per heavy atom. The van der Waals surface area contributed by atoms with Crippen LogP contribution in [0.3, 0.4) is 0 Å². The van der Waals surface area contributed by atoms with Crippen LogP contribution in [0, 0.1) is 13.8 Å². The molecule has 1 aliphatic heterocycles. The van der Waals surface area contributed by atoms with Crippen molar-refractivity contribution >= 4 is 5.91 Å². The van der Waals surface area contributed by atoms with Gasteiger partial charge in [0.1, 0.15) is 5.76 Å². The predicted octanol–water partition coefficient (Wildman–Crippen LogP) is 1.30. The van der Waals surface area contributed by atoms with Crippen LogP contribution in [0.1, 0.15) is 36.7 Å². The van der Waals surface area contributed by atoms with Crippen LogP contribution in [0.25, 0.3) is 0 Å². The maximum Gasteiger partial charge on any atom is 0.223 e. The Morgan fingerprint density at radius 1 is 1.48 bits per heavy atom. The fourth-order valence-electron chi connectivity index (χ4n) is 2.93. The van der Waals surface area contributed by atoms with Gasteiger partial charge >= 0.3 is 0 Å². The van der Waals surface area contributed by atoms with E-state index < -0.39 is 0 Å². The van der Waals surface area contributed by atoms with Crippen LogP contribution in [0.15, 0.2) is 15.1 Å². The second-order valence-corrected chi connectivity index (χ2v) is 5.92.